The molecular formula is C7H7Br4NS. The van der Waals surface area contributed by atoms with E-state index < -0.39 is 0 Å². The van der Waals surface area contributed by atoms with Crippen LogP contribution in [0.3, 0.4) is 0 Å². The second kappa shape index (κ2) is 4.20. The maximum atomic E-state index is 4.48. The van der Waals surface area contributed by atoms with E-state index in [0.717, 1.165) is 10.7 Å². The molecule has 0 bridgehead atoms. The largest absolute Gasteiger partial charge is 0.241 e. The summed E-state index contributed by atoms with van der Waals surface area (Å²) in [6.07, 6.45) is 0. The first kappa shape index (κ1) is 12.6. The molecule has 1 aromatic heterocycles. The molecule has 0 N–H and O–H groups in total. The minimum absolute atomic E-state index is 0.228. The highest BCUT2D eigenvalue weighted by Crippen LogP contribution is 2.43. The highest BCUT2D eigenvalue weighted by atomic mass is 79.9. The monoisotopic (exact) mass is 453 g/mol. The fourth-order valence-corrected chi connectivity index (χ4v) is 2.99. The zero-order valence-corrected chi connectivity index (χ0v) is 14.1. The van der Waals surface area contributed by atoms with Gasteiger partial charge in [0.15, 0.2) is 0 Å². The number of alkyl halides is 4. The van der Waals surface area contributed by atoms with Gasteiger partial charge in [-0.1, -0.05) is 63.7 Å². The quantitative estimate of drug-likeness (QED) is 0.566. The molecule has 0 spiro atoms. The molecule has 0 aliphatic rings. The molecule has 74 valence electrons. The molecule has 0 aliphatic carbocycles. The zero-order chi connectivity index (χ0) is 10.3. The highest BCUT2D eigenvalue weighted by molar-refractivity contribution is 9.25. The van der Waals surface area contributed by atoms with E-state index in [1.165, 1.54) is 0 Å². The Bertz CT molecular complexity index is 268. The molecule has 0 aliphatic heterocycles. The van der Waals surface area contributed by atoms with Gasteiger partial charge < -0.3 is 0 Å². The Morgan fingerprint density at radius 1 is 1.15 bits per heavy atom. The summed E-state index contributed by atoms with van der Waals surface area (Å²) in [4.78, 5) is 4.48. The molecule has 0 fully saturated rings. The van der Waals surface area contributed by atoms with E-state index in [1.54, 1.807) is 11.3 Å². The summed E-state index contributed by atoms with van der Waals surface area (Å²) in [6.45, 7) is 4.01. The van der Waals surface area contributed by atoms with Crippen LogP contribution in [0.15, 0.2) is 5.38 Å². The molecule has 0 saturated carbocycles. The first-order chi connectivity index (χ1) is 5.71. The normalized spacial score (nSPS) is 13.4. The summed E-state index contributed by atoms with van der Waals surface area (Å²) in [5, 5.41) is 3.03. The average Bonchev–Trinajstić information content (AvgIpc) is 2.28. The van der Waals surface area contributed by atoms with Crippen molar-refractivity contribution >= 4 is 75.1 Å². The number of hydrogen-bond donors (Lipinski definition) is 0. The van der Waals surface area contributed by atoms with E-state index in [9.17, 15) is 0 Å². The van der Waals surface area contributed by atoms with Crippen LogP contribution in [0.25, 0.3) is 0 Å². The third-order valence-electron chi connectivity index (χ3n) is 1.33. The molecule has 6 heteroatoms. The lowest BCUT2D eigenvalue weighted by Gasteiger charge is -2.11. The topological polar surface area (TPSA) is 12.9 Å². The second-order valence-electron chi connectivity index (χ2n) is 2.81. The lowest BCUT2D eigenvalue weighted by Crippen LogP contribution is -2.06. The number of thiazole rings is 1. The molecule has 0 amide bonds. The molecule has 1 aromatic rings. The second-order valence-corrected chi connectivity index (χ2v) is 12.1. The van der Waals surface area contributed by atoms with Gasteiger partial charge in [0.25, 0.3) is 0 Å². The van der Waals surface area contributed by atoms with E-state index in [0.29, 0.717) is 0 Å². The zero-order valence-electron chi connectivity index (χ0n) is 6.94. The lowest BCUT2D eigenvalue weighted by molar-refractivity contribution is 0.941. The van der Waals surface area contributed by atoms with Crippen LogP contribution < -0.4 is 0 Å². The number of rotatable bonds is 2. The molecule has 1 nitrogen and oxygen atoms in total. The summed E-state index contributed by atoms with van der Waals surface area (Å²) in [5.74, 6) is 0. The lowest BCUT2D eigenvalue weighted by atomic mass is 10.4. The molecule has 0 atom stereocenters. The molecule has 0 saturated heterocycles. The average molecular weight is 457 g/mol. The van der Waals surface area contributed by atoms with Gasteiger partial charge in [0.2, 0.25) is 0 Å². The third kappa shape index (κ3) is 3.55. The Morgan fingerprint density at radius 3 is 1.92 bits per heavy atom. The summed E-state index contributed by atoms with van der Waals surface area (Å²) in [5.41, 5.74) is 0.984. The molecule has 0 radical (unpaired) electrons. The summed E-state index contributed by atoms with van der Waals surface area (Å²) in [7, 11) is 0. The Kier molecular flexibility index (Phi) is 4.07. The predicted octanol–water partition coefficient (Wildman–Crippen LogP) is 5.07. The van der Waals surface area contributed by atoms with Gasteiger partial charge in [0, 0.05) is 5.38 Å². The molecule has 1 rings (SSSR count). The van der Waals surface area contributed by atoms with Crippen molar-refractivity contribution in [3.8, 4) is 0 Å². The van der Waals surface area contributed by atoms with Crippen molar-refractivity contribution in [2.45, 2.75) is 20.3 Å². The van der Waals surface area contributed by atoms with Crippen LogP contribution in [0.1, 0.15) is 24.5 Å². The van der Waals surface area contributed by atoms with Crippen LogP contribution in [-0.4, -0.2) is 4.98 Å². The van der Waals surface area contributed by atoms with E-state index in [2.05, 4.69) is 68.7 Å². The maximum Gasteiger partial charge on any atom is 0.129 e. The minimum Gasteiger partial charge on any atom is -0.241 e. The van der Waals surface area contributed by atoms with Crippen LogP contribution >= 0.6 is 75.1 Å². The van der Waals surface area contributed by atoms with Crippen LogP contribution in [0.2, 0.25) is 0 Å². The van der Waals surface area contributed by atoms with Crippen LogP contribution in [-0.2, 0) is 6.47 Å². The number of aromatic nitrogens is 1. The first-order valence-electron chi connectivity index (χ1n) is 3.43. The Labute approximate surface area is 115 Å². The van der Waals surface area contributed by atoms with E-state index >= 15 is 0 Å². The van der Waals surface area contributed by atoms with Crippen molar-refractivity contribution in [2.75, 3.05) is 0 Å². The van der Waals surface area contributed by atoms with Crippen LogP contribution in [0.5, 0.6) is 0 Å². The van der Waals surface area contributed by atoms with Crippen molar-refractivity contribution in [1.82, 2.24) is 4.98 Å². The SMILES string of the molecule is CC(Br)(Br)c1csc(C(C)(Br)Br)n1. The third-order valence-corrected chi connectivity index (χ3v) is 4.48. The van der Waals surface area contributed by atoms with E-state index in [1.807, 2.05) is 19.2 Å². The molecule has 0 unspecified atom stereocenters. The summed E-state index contributed by atoms with van der Waals surface area (Å²) in [6, 6.07) is 0. The smallest absolute Gasteiger partial charge is 0.129 e. The van der Waals surface area contributed by atoms with Crippen molar-refractivity contribution in [3.05, 3.63) is 16.1 Å². The van der Waals surface area contributed by atoms with Gasteiger partial charge in [-0.2, -0.15) is 0 Å². The summed E-state index contributed by atoms with van der Waals surface area (Å²) >= 11 is 15.6. The minimum atomic E-state index is -0.236. The summed E-state index contributed by atoms with van der Waals surface area (Å²) < 4.78 is -0.464. The Morgan fingerprint density at radius 2 is 1.69 bits per heavy atom. The van der Waals surface area contributed by atoms with Crippen molar-refractivity contribution < 1.29 is 0 Å². The molecule has 13 heavy (non-hydrogen) atoms. The Hall–Kier alpha value is 1.55. The highest BCUT2D eigenvalue weighted by Gasteiger charge is 2.27. The number of hydrogen-bond acceptors (Lipinski definition) is 2. The van der Waals surface area contributed by atoms with Gasteiger partial charge in [-0.25, -0.2) is 4.98 Å². The van der Waals surface area contributed by atoms with Gasteiger partial charge in [-0.15, -0.1) is 11.3 Å². The van der Waals surface area contributed by atoms with Crippen LogP contribution in [0.4, 0.5) is 0 Å². The van der Waals surface area contributed by atoms with Crippen molar-refractivity contribution in [1.29, 1.82) is 0 Å². The van der Waals surface area contributed by atoms with Gasteiger partial charge in [0.1, 0.15) is 11.5 Å². The maximum absolute atomic E-state index is 4.48. The molecule has 0 aromatic carbocycles. The van der Waals surface area contributed by atoms with Gasteiger partial charge >= 0.3 is 0 Å². The van der Waals surface area contributed by atoms with E-state index in [-0.39, 0.29) is 6.47 Å². The number of nitrogens with zero attached hydrogens (tertiary/aromatic N) is 1. The predicted molar refractivity (Wildman–Crippen MR) is 72.5 cm³/mol. The number of halogens is 4. The van der Waals surface area contributed by atoms with Crippen molar-refractivity contribution in [3.63, 3.8) is 0 Å². The van der Waals surface area contributed by atoms with E-state index in [4.69, 9.17) is 0 Å². The van der Waals surface area contributed by atoms with Crippen LogP contribution in [0, 0.1) is 0 Å². The molecular weight excluding hydrogens is 450 g/mol. The fraction of sp³-hybridized carbons (Fsp3) is 0.571. The van der Waals surface area contributed by atoms with Gasteiger partial charge in [0.05, 0.1) is 5.69 Å². The van der Waals surface area contributed by atoms with Crippen molar-refractivity contribution in [2.24, 2.45) is 0 Å². The van der Waals surface area contributed by atoms with Gasteiger partial charge in [-0.05, 0) is 13.8 Å². The standard InChI is InChI=1S/C7H7Br4NS/c1-6(8,9)4-3-13-5(12-4)7(2,10)11/h3H,1-2H3. The van der Waals surface area contributed by atoms with Gasteiger partial charge in [-0.3, -0.25) is 0 Å². The fourth-order valence-electron chi connectivity index (χ4n) is 0.677. The molecule has 1 heterocycles. The first-order valence-corrected chi connectivity index (χ1v) is 7.48. The Balaban J connectivity index is 3.01.